The zero-order chi connectivity index (χ0) is 24.1. The number of hydrogen-bond donors (Lipinski definition) is 1. The van der Waals surface area contributed by atoms with E-state index in [1.165, 1.54) is 21.8 Å². The minimum absolute atomic E-state index is 0.301. The molecule has 3 aromatic rings. The van der Waals surface area contributed by atoms with E-state index in [4.69, 9.17) is 16.3 Å². The highest BCUT2D eigenvalue weighted by atomic mass is 35.5. The number of pyridine rings is 1. The van der Waals surface area contributed by atoms with Crippen LogP contribution in [0.5, 0.6) is 6.01 Å². The lowest BCUT2D eigenvalue weighted by molar-refractivity contribution is -0.686. The fourth-order valence-electron chi connectivity index (χ4n) is 3.93. The average Bonchev–Trinajstić information content (AvgIpc) is 3.02. The normalized spacial score (nSPS) is 12.5. The molecule has 178 valence electrons. The molecule has 0 unspecified atom stereocenters. The number of anilines is 1. The van der Waals surface area contributed by atoms with Crippen molar-refractivity contribution >= 4 is 34.8 Å². The van der Waals surface area contributed by atoms with Crippen LogP contribution in [0.25, 0.3) is 6.08 Å². The van der Waals surface area contributed by atoms with Gasteiger partial charge < -0.3 is 10.1 Å². The van der Waals surface area contributed by atoms with Gasteiger partial charge in [0.15, 0.2) is 11.4 Å². The van der Waals surface area contributed by atoms with E-state index in [2.05, 4.69) is 75.2 Å². The minimum Gasteiger partial charge on any atom is -0.463 e. The van der Waals surface area contributed by atoms with Gasteiger partial charge in [0.25, 0.3) is 0 Å². The monoisotopic (exact) mass is 496 g/mol. The predicted molar refractivity (Wildman–Crippen MR) is 139 cm³/mol. The Hall–Kier alpha value is -2.77. The summed E-state index contributed by atoms with van der Waals surface area (Å²) < 4.78 is 8.18. The molecule has 0 aliphatic heterocycles. The van der Waals surface area contributed by atoms with Crippen LogP contribution in [0.15, 0.2) is 30.4 Å². The van der Waals surface area contributed by atoms with Crippen LogP contribution in [-0.4, -0.2) is 21.6 Å². The van der Waals surface area contributed by atoms with Gasteiger partial charge in [-0.25, -0.2) is 9.55 Å². The number of thiazole rings is 1. The summed E-state index contributed by atoms with van der Waals surface area (Å²) in [5.74, 6) is 0.694. The fourth-order valence-corrected chi connectivity index (χ4v) is 5.04. The number of rotatable bonds is 9. The van der Waals surface area contributed by atoms with Crippen LogP contribution in [0.2, 0.25) is 5.15 Å². The molecule has 0 fully saturated rings. The van der Waals surface area contributed by atoms with Crippen molar-refractivity contribution in [3.05, 3.63) is 73.6 Å². The lowest BCUT2D eigenvalue weighted by Gasteiger charge is -2.12. The second-order valence-corrected chi connectivity index (χ2v) is 9.85. The van der Waals surface area contributed by atoms with Crippen LogP contribution in [0, 0.1) is 13.8 Å². The van der Waals surface area contributed by atoms with Crippen molar-refractivity contribution in [3.63, 3.8) is 0 Å². The first-order valence-electron chi connectivity index (χ1n) is 11.7. The van der Waals surface area contributed by atoms with E-state index in [1.807, 2.05) is 13.8 Å². The molecular formula is C26H31ClN5OS+. The molecule has 0 spiro atoms. The molecule has 0 aromatic carbocycles. The van der Waals surface area contributed by atoms with Gasteiger partial charge in [0.05, 0.1) is 30.3 Å². The summed E-state index contributed by atoms with van der Waals surface area (Å²) in [6, 6.07) is 4.69. The second-order valence-electron chi connectivity index (χ2n) is 8.32. The molecule has 0 saturated carbocycles. The van der Waals surface area contributed by atoms with Gasteiger partial charge in [-0.2, -0.15) is 9.97 Å². The highest BCUT2D eigenvalue weighted by molar-refractivity contribution is 7.11. The molecule has 1 aliphatic rings. The molecule has 1 N–H and O–H groups in total. The first-order valence-corrected chi connectivity index (χ1v) is 12.9. The largest absolute Gasteiger partial charge is 0.463 e. The topological polar surface area (TPSA) is 63.8 Å². The molecular weight excluding hydrogens is 466 g/mol. The summed E-state index contributed by atoms with van der Waals surface area (Å²) in [6.07, 6.45) is 12.2. The SMILES string of the molecule is CCc1nc(C)c(CNc2nc(OCCCc3ccc4c([n+]3C)CC=CC=C4)nc(Cl)c2C)s1. The van der Waals surface area contributed by atoms with E-state index in [0.29, 0.717) is 30.1 Å². The van der Waals surface area contributed by atoms with Gasteiger partial charge in [-0.3, -0.25) is 0 Å². The van der Waals surface area contributed by atoms with Gasteiger partial charge in [0.1, 0.15) is 18.0 Å². The Morgan fingerprint density at radius 3 is 2.82 bits per heavy atom. The van der Waals surface area contributed by atoms with Crippen LogP contribution >= 0.6 is 22.9 Å². The Labute approximate surface area is 210 Å². The number of fused-ring (bicyclic) bond motifs is 1. The lowest BCUT2D eigenvalue weighted by atomic mass is 10.1. The number of nitrogens with one attached hydrogen (secondary N) is 1. The van der Waals surface area contributed by atoms with Crippen LogP contribution in [0.4, 0.5) is 5.82 Å². The molecule has 0 radical (unpaired) electrons. The maximum absolute atomic E-state index is 6.37. The Morgan fingerprint density at radius 1 is 1.18 bits per heavy atom. The van der Waals surface area contributed by atoms with Crippen molar-refractivity contribution in [2.45, 2.75) is 53.0 Å². The van der Waals surface area contributed by atoms with Crippen LogP contribution in [-0.2, 0) is 32.9 Å². The van der Waals surface area contributed by atoms with Crippen molar-refractivity contribution in [2.75, 3.05) is 11.9 Å². The fraction of sp³-hybridized carbons (Fsp3) is 0.385. The van der Waals surface area contributed by atoms with Gasteiger partial charge in [-0.15, -0.1) is 11.3 Å². The number of halogens is 1. The third-order valence-electron chi connectivity index (χ3n) is 5.99. The van der Waals surface area contributed by atoms with Gasteiger partial charge in [-0.1, -0.05) is 36.8 Å². The van der Waals surface area contributed by atoms with Crippen LogP contribution in [0.3, 0.4) is 0 Å². The van der Waals surface area contributed by atoms with E-state index >= 15 is 0 Å². The number of allylic oxidation sites excluding steroid dienone is 3. The highest BCUT2D eigenvalue weighted by Gasteiger charge is 2.17. The molecule has 0 bridgehead atoms. The van der Waals surface area contributed by atoms with Crippen molar-refractivity contribution in [1.82, 2.24) is 15.0 Å². The summed E-state index contributed by atoms with van der Waals surface area (Å²) in [5, 5.41) is 4.94. The number of aryl methyl sites for hydroxylation is 3. The number of hydrogen-bond acceptors (Lipinski definition) is 6. The number of ether oxygens (including phenoxy) is 1. The Bertz CT molecular complexity index is 1230. The van der Waals surface area contributed by atoms with E-state index in [0.717, 1.165) is 41.9 Å². The molecule has 0 amide bonds. The smallest absolute Gasteiger partial charge is 0.319 e. The average molecular weight is 497 g/mol. The second kappa shape index (κ2) is 11.1. The zero-order valence-electron chi connectivity index (χ0n) is 20.2. The Kier molecular flexibility index (Phi) is 7.95. The van der Waals surface area contributed by atoms with E-state index in [-0.39, 0.29) is 0 Å². The first-order chi connectivity index (χ1) is 16.5. The Morgan fingerprint density at radius 2 is 2.03 bits per heavy atom. The molecule has 8 heteroatoms. The molecule has 34 heavy (non-hydrogen) atoms. The minimum atomic E-state index is 0.301. The first kappa shape index (κ1) is 24.4. The molecule has 6 nitrogen and oxygen atoms in total. The zero-order valence-corrected chi connectivity index (χ0v) is 21.8. The van der Waals surface area contributed by atoms with E-state index in [1.54, 1.807) is 11.3 Å². The van der Waals surface area contributed by atoms with Crippen molar-refractivity contribution in [3.8, 4) is 6.01 Å². The van der Waals surface area contributed by atoms with Crippen molar-refractivity contribution < 1.29 is 9.30 Å². The Balaban J connectivity index is 1.36. The van der Waals surface area contributed by atoms with Crippen molar-refractivity contribution in [1.29, 1.82) is 0 Å². The summed E-state index contributed by atoms with van der Waals surface area (Å²) in [6.45, 7) is 7.24. The third kappa shape index (κ3) is 5.65. The molecule has 4 rings (SSSR count). The van der Waals surface area contributed by atoms with Gasteiger partial charge in [-0.05, 0) is 38.8 Å². The van der Waals surface area contributed by atoms with Gasteiger partial charge in [0, 0.05) is 28.5 Å². The maximum atomic E-state index is 6.37. The summed E-state index contributed by atoms with van der Waals surface area (Å²) in [4.78, 5) is 14.7. The molecule has 3 aromatic heterocycles. The third-order valence-corrected chi connectivity index (χ3v) is 7.66. The molecule has 0 saturated heterocycles. The predicted octanol–water partition coefficient (Wildman–Crippen LogP) is 5.34. The molecule has 1 aliphatic carbocycles. The summed E-state index contributed by atoms with van der Waals surface area (Å²) in [7, 11) is 2.14. The van der Waals surface area contributed by atoms with Crippen molar-refractivity contribution in [2.24, 2.45) is 7.05 Å². The lowest BCUT2D eigenvalue weighted by Crippen LogP contribution is -2.39. The van der Waals surface area contributed by atoms with Gasteiger partial charge in [0.2, 0.25) is 0 Å². The van der Waals surface area contributed by atoms with Crippen LogP contribution < -0.4 is 14.6 Å². The summed E-state index contributed by atoms with van der Waals surface area (Å²) >= 11 is 8.10. The number of nitrogens with zero attached hydrogens (tertiary/aromatic N) is 4. The quantitative estimate of drug-likeness (QED) is 0.246. The van der Waals surface area contributed by atoms with Gasteiger partial charge >= 0.3 is 6.01 Å². The van der Waals surface area contributed by atoms with Crippen LogP contribution in [0.1, 0.15) is 51.4 Å². The standard InChI is InChI=1S/C26H31ClN5OS/c1-5-23-29-18(3)22(34-23)16-28-25-17(2)24(27)30-26(31-25)33-15-9-11-20-14-13-19-10-7-6-8-12-21(19)32(20)4/h6-8,10,13-14H,5,9,11-12,15-16H2,1-4H3,(H,28,30,31)/q+1. The highest BCUT2D eigenvalue weighted by Crippen LogP contribution is 2.25. The maximum Gasteiger partial charge on any atom is 0.319 e. The number of aromatic nitrogens is 4. The summed E-state index contributed by atoms with van der Waals surface area (Å²) in [5.41, 5.74) is 5.75. The van der Waals surface area contributed by atoms with E-state index in [9.17, 15) is 0 Å². The van der Waals surface area contributed by atoms with E-state index < -0.39 is 0 Å². The molecule has 3 heterocycles. The molecule has 0 atom stereocenters.